The smallest absolute Gasteiger partial charge is 0.289 e. The largest absolute Gasteiger partial charge is 0.380 e. The van der Waals surface area contributed by atoms with Gasteiger partial charge in [-0.3, -0.25) is 4.79 Å². The highest BCUT2D eigenvalue weighted by atomic mass is 32.1. The van der Waals surface area contributed by atoms with Gasteiger partial charge in [0.2, 0.25) is 0 Å². The summed E-state index contributed by atoms with van der Waals surface area (Å²) in [5.74, 6) is -0.187. The van der Waals surface area contributed by atoms with Crippen LogP contribution in [0, 0.1) is 6.92 Å². The monoisotopic (exact) mass is 346 g/mol. The first-order valence-corrected chi connectivity index (χ1v) is 9.19. The maximum atomic E-state index is 12.3. The lowest BCUT2D eigenvalue weighted by Crippen LogP contribution is -2.19. The molecule has 120 valence electrons. The van der Waals surface area contributed by atoms with Crippen LogP contribution in [0.25, 0.3) is 10.2 Å². The molecular weight excluding hydrogens is 328 g/mol. The minimum absolute atomic E-state index is 0.187. The lowest BCUT2D eigenvalue weighted by molar-refractivity contribution is 0.100. The molecule has 1 aromatic carbocycles. The Morgan fingerprint density at radius 2 is 2.22 bits per heavy atom. The van der Waals surface area contributed by atoms with Crippen molar-refractivity contribution >= 4 is 38.8 Å². The van der Waals surface area contributed by atoms with E-state index in [0.717, 1.165) is 15.0 Å². The fourth-order valence-electron chi connectivity index (χ4n) is 2.32. The van der Waals surface area contributed by atoms with Gasteiger partial charge >= 0.3 is 0 Å². The van der Waals surface area contributed by atoms with Crippen LogP contribution < -0.4 is 4.80 Å². The van der Waals surface area contributed by atoms with Crippen molar-refractivity contribution in [3.05, 3.63) is 51.0 Å². The molecule has 0 N–H and O–H groups in total. The molecular formula is C17H18N2O2S2. The Balaban J connectivity index is 2.06. The second-order valence-corrected chi connectivity index (χ2v) is 7.06. The van der Waals surface area contributed by atoms with Gasteiger partial charge in [-0.2, -0.15) is 4.99 Å². The highest BCUT2D eigenvalue weighted by Gasteiger charge is 2.10. The van der Waals surface area contributed by atoms with Crippen LogP contribution in [-0.2, 0) is 11.3 Å². The number of thiazole rings is 1. The van der Waals surface area contributed by atoms with Gasteiger partial charge in [0.1, 0.15) is 0 Å². The maximum absolute atomic E-state index is 12.3. The summed E-state index contributed by atoms with van der Waals surface area (Å²) >= 11 is 2.96. The number of thiophene rings is 1. The molecule has 0 atom stereocenters. The van der Waals surface area contributed by atoms with Crippen molar-refractivity contribution in [2.24, 2.45) is 4.99 Å². The number of nitrogens with zero attached hydrogens (tertiary/aromatic N) is 2. The van der Waals surface area contributed by atoms with Crippen LogP contribution in [0.1, 0.15) is 22.2 Å². The van der Waals surface area contributed by atoms with Gasteiger partial charge in [0, 0.05) is 13.2 Å². The summed E-state index contributed by atoms with van der Waals surface area (Å²) in [6, 6.07) is 9.97. The number of carbonyl (C=O) groups excluding carboxylic acids is 1. The zero-order valence-electron chi connectivity index (χ0n) is 13.1. The SMILES string of the molecule is CCOCCn1c(=NC(=O)c2cccs2)sc2cc(C)ccc21. The molecule has 0 unspecified atom stereocenters. The molecule has 3 rings (SSSR count). The fraction of sp³-hybridized carbons (Fsp3) is 0.294. The highest BCUT2D eigenvalue weighted by Crippen LogP contribution is 2.19. The summed E-state index contributed by atoms with van der Waals surface area (Å²) in [4.78, 5) is 18.0. The lowest BCUT2D eigenvalue weighted by Gasteiger charge is -2.05. The van der Waals surface area contributed by atoms with Gasteiger partial charge in [-0.05, 0) is 43.0 Å². The van der Waals surface area contributed by atoms with Crippen LogP contribution in [0.4, 0.5) is 0 Å². The van der Waals surface area contributed by atoms with Gasteiger partial charge in [-0.1, -0.05) is 23.5 Å². The van der Waals surface area contributed by atoms with Gasteiger partial charge in [0.15, 0.2) is 4.80 Å². The van der Waals surface area contributed by atoms with E-state index in [-0.39, 0.29) is 5.91 Å². The Bertz CT molecular complexity index is 876. The minimum Gasteiger partial charge on any atom is -0.380 e. The van der Waals surface area contributed by atoms with Gasteiger partial charge < -0.3 is 9.30 Å². The molecule has 0 spiro atoms. The van der Waals surface area contributed by atoms with Crippen LogP contribution in [0.5, 0.6) is 0 Å². The number of ether oxygens (including phenoxy) is 1. The van der Waals surface area contributed by atoms with Crippen molar-refractivity contribution < 1.29 is 9.53 Å². The predicted octanol–water partition coefficient (Wildman–Crippen LogP) is 3.85. The average molecular weight is 346 g/mol. The molecule has 2 heterocycles. The Morgan fingerprint density at radius 3 is 2.96 bits per heavy atom. The number of aryl methyl sites for hydroxylation is 1. The van der Waals surface area contributed by atoms with Gasteiger partial charge in [0.25, 0.3) is 5.91 Å². The molecule has 2 aromatic heterocycles. The number of hydrogen-bond acceptors (Lipinski definition) is 4. The van der Waals surface area contributed by atoms with Gasteiger partial charge in [-0.25, -0.2) is 0 Å². The Hall–Kier alpha value is -1.76. The first kappa shape index (κ1) is 16.1. The van der Waals surface area contributed by atoms with E-state index < -0.39 is 0 Å². The van der Waals surface area contributed by atoms with Crippen molar-refractivity contribution in [3.8, 4) is 0 Å². The molecule has 0 fully saturated rings. The summed E-state index contributed by atoms with van der Waals surface area (Å²) in [7, 11) is 0. The van der Waals surface area contributed by atoms with Crippen molar-refractivity contribution in [1.82, 2.24) is 4.57 Å². The van der Waals surface area contributed by atoms with E-state index in [2.05, 4.69) is 34.7 Å². The summed E-state index contributed by atoms with van der Waals surface area (Å²) in [6.45, 7) is 6.02. The molecule has 0 saturated heterocycles. The van der Waals surface area contributed by atoms with Crippen molar-refractivity contribution in [3.63, 3.8) is 0 Å². The summed E-state index contributed by atoms with van der Waals surface area (Å²) in [5, 5.41) is 1.89. The molecule has 0 bridgehead atoms. The molecule has 0 aliphatic rings. The number of fused-ring (bicyclic) bond motifs is 1. The third-order valence-electron chi connectivity index (χ3n) is 3.43. The normalized spacial score (nSPS) is 12.2. The third-order valence-corrected chi connectivity index (χ3v) is 5.33. The molecule has 3 aromatic rings. The number of carbonyl (C=O) groups is 1. The van der Waals surface area contributed by atoms with E-state index >= 15 is 0 Å². The quantitative estimate of drug-likeness (QED) is 0.659. The van der Waals surface area contributed by atoms with Crippen molar-refractivity contribution in [2.75, 3.05) is 13.2 Å². The van der Waals surface area contributed by atoms with Crippen LogP contribution in [0.3, 0.4) is 0 Å². The van der Waals surface area contributed by atoms with E-state index in [1.165, 1.54) is 16.9 Å². The van der Waals surface area contributed by atoms with E-state index in [9.17, 15) is 4.79 Å². The van der Waals surface area contributed by atoms with Crippen LogP contribution in [0.15, 0.2) is 40.7 Å². The molecule has 1 amide bonds. The molecule has 23 heavy (non-hydrogen) atoms. The van der Waals surface area contributed by atoms with Crippen LogP contribution in [0.2, 0.25) is 0 Å². The van der Waals surface area contributed by atoms with E-state index in [4.69, 9.17) is 4.74 Å². The third kappa shape index (κ3) is 3.60. The summed E-state index contributed by atoms with van der Waals surface area (Å²) in [5.41, 5.74) is 2.30. The zero-order chi connectivity index (χ0) is 16.2. The summed E-state index contributed by atoms with van der Waals surface area (Å²) < 4.78 is 8.68. The zero-order valence-corrected chi connectivity index (χ0v) is 14.7. The minimum atomic E-state index is -0.187. The summed E-state index contributed by atoms with van der Waals surface area (Å²) in [6.07, 6.45) is 0. The second-order valence-electron chi connectivity index (χ2n) is 5.10. The van der Waals surface area contributed by atoms with Gasteiger partial charge in [0.05, 0.1) is 21.7 Å². The number of amides is 1. The van der Waals surface area contributed by atoms with E-state index in [1.54, 1.807) is 17.4 Å². The van der Waals surface area contributed by atoms with Gasteiger partial charge in [-0.15, -0.1) is 11.3 Å². The highest BCUT2D eigenvalue weighted by molar-refractivity contribution is 7.16. The number of hydrogen-bond donors (Lipinski definition) is 0. The Morgan fingerprint density at radius 1 is 1.35 bits per heavy atom. The van der Waals surface area contributed by atoms with E-state index in [0.29, 0.717) is 24.6 Å². The second kappa shape index (κ2) is 7.21. The molecule has 0 aliphatic heterocycles. The van der Waals surface area contributed by atoms with Crippen molar-refractivity contribution in [1.29, 1.82) is 0 Å². The van der Waals surface area contributed by atoms with Crippen LogP contribution >= 0.6 is 22.7 Å². The predicted molar refractivity (Wildman–Crippen MR) is 95.3 cm³/mol. The lowest BCUT2D eigenvalue weighted by atomic mass is 10.2. The first-order valence-electron chi connectivity index (χ1n) is 7.49. The number of rotatable bonds is 5. The molecule has 0 radical (unpaired) electrons. The molecule has 4 nitrogen and oxygen atoms in total. The molecule has 0 aliphatic carbocycles. The number of benzene rings is 1. The van der Waals surface area contributed by atoms with Crippen LogP contribution in [-0.4, -0.2) is 23.7 Å². The topological polar surface area (TPSA) is 43.6 Å². The first-order chi connectivity index (χ1) is 11.2. The molecule has 0 saturated carbocycles. The van der Waals surface area contributed by atoms with Crippen molar-refractivity contribution in [2.45, 2.75) is 20.4 Å². The number of aromatic nitrogens is 1. The molecule has 6 heteroatoms. The standard InChI is InChI=1S/C17H18N2O2S2/c1-3-21-9-8-19-13-7-6-12(2)11-15(13)23-17(19)18-16(20)14-5-4-10-22-14/h4-7,10-11H,3,8-9H2,1-2H3. The van der Waals surface area contributed by atoms with E-state index in [1.807, 2.05) is 18.4 Å². The Labute approximate surface area is 142 Å². The Kier molecular flexibility index (Phi) is 5.05. The average Bonchev–Trinajstić information content (AvgIpc) is 3.16. The maximum Gasteiger partial charge on any atom is 0.289 e. The fourth-order valence-corrected chi connectivity index (χ4v) is 4.08.